The van der Waals surface area contributed by atoms with E-state index in [4.69, 9.17) is 9.47 Å². The van der Waals surface area contributed by atoms with E-state index in [1.165, 1.54) is 0 Å². The van der Waals surface area contributed by atoms with E-state index in [1.807, 2.05) is 48.5 Å². The summed E-state index contributed by atoms with van der Waals surface area (Å²) in [7, 11) is 0. The summed E-state index contributed by atoms with van der Waals surface area (Å²) < 4.78 is 11.0. The average Bonchev–Trinajstić information content (AvgIpc) is 3.32. The van der Waals surface area contributed by atoms with Crippen molar-refractivity contribution in [3.8, 4) is 5.75 Å². The molecule has 0 aromatic heterocycles. The van der Waals surface area contributed by atoms with Gasteiger partial charge in [0.15, 0.2) is 0 Å². The summed E-state index contributed by atoms with van der Waals surface area (Å²) in [5, 5.41) is 2.67. The van der Waals surface area contributed by atoms with Gasteiger partial charge in [-0.3, -0.25) is 4.79 Å². The van der Waals surface area contributed by atoms with E-state index in [1.54, 1.807) is 0 Å². The normalized spacial score (nSPS) is 16.5. The first-order valence-corrected chi connectivity index (χ1v) is 6.49. The second-order valence-electron chi connectivity index (χ2n) is 4.61. The molecule has 4 heteroatoms. The van der Waals surface area contributed by atoms with E-state index in [2.05, 4.69) is 5.32 Å². The molecule has 2 aromatic carbocycles. The Bertz CT molecular complexity index is 594. The van der Waals surface area contributed by atoms with Gasteiger partial charge in [0.2, 0.25) is 6.41 Å². The minimum atomic E-state index is 0.158. The van der Waals surface area contributed by atoms with Gasteiger partial charge < -0.3 is 14.8 Å². The van der Waals surface area contributed by atoms with Crippen LogP contribution in [-0.4, -0.2) is 13.0 Å². The maximum Gasteiger partial charge on any atom is 0.211 e. The summed E-state index contributed by atoms with van der Waals surface area (Å²) in [5.41, 5.74) is 2.81. The molecule has 20 heavy (non-hydrogen) atoms. The van der Waals surface area contributed by atoms with Crippen molar-refractivity contribution >= 4 is 12.1 Å². The van der Waals surface area contributed by atoms with E-state index < -0.39 is 0 Å². The maximum absolute atomic E-state index is 10.7. The van der Waals surface area contributed by atoms with Gasteiger partial charge in [-0.15, -0.1) is 0 Å². The number of benzene rings is 2. The smallest absolute Gasteiger partial charge is 0.211 e. The van der Waals surface area contributed by atoms with Crippen LogP contribution in [0.3, 0.4) is 0 Å². The van der Waals surface area contributed by atoms with Gasteiger partial charge in [-0.1, -0.05) is 36.4 Å². The van der Waals surface area contributed by atoms with Crippen LogP contribution in [0.1, 0.15) is 17.2 Å². The predicted octanol–water partition coefficient (Wildman–Crippen LogP) is 2.91. The molecule has 1 fully saturated rings. The number of hydrogen-bond donors (Lipinski definition) is 1. The van der Waals surface area contributed by atoms with Gasteiger partial charge in [-0.05, 0) is 23.3 Å². The lowest BCUT2D eigenvalue weighted by Gasteiger charge is -2.12. The molecule has 1 N–H and O–H groups in total. The van der Waals surface area contributed by atoms with E-state index >= 15 is 0 Å². The quantitative estimate of drug-likeness (QED) is 0.648. The van der Waals surface area contributed by atoms with Gasteiger partial charge in [0.05, 0.1) is 12.3 Å². The standard InChI is InChI=1S/C16H15NO3/c18-11-17-14-8-13(16-10-20-16)6-7-15(14)19-9-12-4-2-1-3-5-12/h1-8,11,16H,9-10H2,(H,17,18). The van der Waals surface area contributed by atoms with Crippen molar-refractivity contribution < 1.29 is 14.3 Å². The molecule has 1 atom stereocenters. The highest BCUT2D eigenvalue weighted by Gasteiger charge is 2.25. The number of nitrogens with one attached hydrogen (secondary N) is 1. The molecule has 4 nitrogen and oxygen atoms in total. The largest absolute Gasteiger partial charge is 0.487 e. The van der Waals surface area contributed by atoms with Gasteiger partial charge in [0, 0.05) is 0 Å². The van der Waals surface area contributed by atoms with Crippen molar-refractivity contribution in [2.75, 3.05) is 11.9 Å². The number of anilines is 1. The second kappa shape index (κ2) is 5.75. The monoisotopic (exact) mass is 269 g/mol. The molecule has 0 radical (unpaired) electrons. The highest BCUT2D eigenvalue weighted by molar-refractivity contribution is 5.76. The zero-order valence-electron chi connectivity index (χ0n) is 10.9. The number of rotatable bonds is 6. The zero-order valence-corrected chi connectivity index (χ0v) is 10.9. The number of epoxide rings is 1. The van der Waals surface area contributed by atoms with Crippen LogP contribution in [0, 0.1) is 0 Å². The van der Waals surface area contributed by atoms with E-state index in [0.717, 1.165) is 17.7 Å². The van der Waals surface area contributed by atoms with E-state index in [9.17, 15) is 4.79 Å². The van der Waals surface area contributed by atoms with Crippen LogP contribution in [0.25, 0.3) is 0 Å². The Hall–Kier alpha value is -2.33. The average molecular weight is 269 g/mol. The molecule has 1 heterocycles. The molecule has 0 bridgehead atoms. The predicted molar refractivity (Wildman–Crippen MR) is 75.6 cm³/mol. The zero-order chi connectivity index (χ0) is 13.8. The highest BCUT2D eigenvalue weighted by atomic mass is 16.6. The first-order chi connectivity index (χ1) is 9.86. The van der Waals surface area contributed by atoms with Crippen LogP contribution >= 0.6 is 0 Å². The summed E-state index contributed by atoms with van der Waals surface area (Å²) in [6, 6.07) is 15.6. The Morgan fingerprint density at radius 3 is 2.75 bits per heavy atom. The highest BCUT2D eigenvalue weighted by Crippen LogP contribution is 2.35. The second-order valence-corrected chi connectivity index (χ2v) is 4.61. The fraction of sp³-hybridized carbons (Fsp3) is 0.188. The molecule has 1 unspecified atom stereocenters. The van der Waals surface area contributed by atoms with Crippen LogP contribution < -0.4 is 10.1 Å². The summed E-state index contributed by atoms with van der Waals surface area (Å²) in [6.07, 6.45) is 0.813. The molecule has 0 saturated carbocycles. The van der Waals surface area contributed by atoms with Gasteiger partial charge in [0.1, 0.15) is 18.5 Å². The molecule has 3 rings (SSSR count). The number of hydrogen-bond acceptors (Lipinski definition) is 3. The van der Waals surface area contributed by atoms with Crippen LogP contribution in [-0.2, 0) is 16.1 Å². The Balaban J connectivity index is 1.75. The van der Waals surface area contributed by atoms with Gasteiger partial charge in [-0.2, -0.15) is 0 Å². The molecule has 2 aromatic rings. The number of ether oxygens (including phenoxy) is 2. The molecule has 1 aliphatic heterocycles. The van der Waals surface area contributed by atoms with Gasteiger partial charge >= 0.3 is 0 Å². The Morgan fingerprint density at radius 1 is 1.25 bits per heavy atom. The van der Waals surface area contributed by atoms with Crippen molar-refractivity contribution in [3.05, 3.63) is 59.7 Å². The summed E-state index contributed by atoms with van der Waals surface area (Å²) in [4.78, 5) is 10.7. The fourth-order valence-electron chi connectivity index (χ4n) is 2.03. The molecule has 0 aliphatic carbocycles. The number of carbonyl (C=O) groups is 1. The van der Waals surface area contributed by atoms with Crippen molar-refractivity contribution in [1.82, 2.24) is 0 Å². The first kappa shape index (κ1) is 12.7. The lowest BCUT2D eigenvalue weighted by Crippen LogP contribution is -2.01. The summed E-state index contributed by atoms with van der Waals surface area (Å²) >= 11 is 0. The molecule has 1 aliphatic rings. The molecule has 1 saturated heterocycles. The minimum absolute atomic E-state index is 0.158. The molecule has 1 amide bonds. The van der Waals surface area contributed by atoms with Gasteiger partial charge in [-0.25, -0.2) is 0 Å². The third kappa shape index (κ3) is 2.97. The van der Waals surface area contributed by atoms with Gasteiger partial charge in [0.25, 0.3) is 0 Å². The fourth-order valence-corrected chi connectivity index (χ4v) is 2.03. The van der Waals surface area contributed by atoms with Crippen molar-refractivity contribution in [2.45, 2.75) is 12.7 Å². The molecular weight excluding hydrogens is 254 g/mol. The molecular formula is C16H15NO3. The van der Waals surface area contributed by atoms with Crippen molar-refractivity contribution in [2.24, 2.45) is 0 Å². The third-order valence-electron chi connectivity index (χ3n) is 3.16. The topological polar surface area (TPSA) is 50.9 Å². The van der Waals surface area contributed by atoms with Crippen LogP contribution in [0.15, 0.2) is 48.5 Å². The number of carbonyl (C=O) groups excluding carboxylic acids is 1. The molecule has 0 spiro atoms. The Labute approximate surface area is 117 Å². The Morgan fingerprint density at radius 2 is 2.05 bits per heavy atom. The first-order valence-electron chi connectivity index (χ1n) is 6.49. The SMILES string of the molecule is O=CNc1cc(C2CO2)ccc1OCc1ccccc1. The number of amides is 1. The van der Waals surface area contributed by atoms with Crippen LogP contribution in [0.4, 0.5) is 5.69 Å². The molecule has 102 valence electrons. The lowest BCUT2D eigenvalue weighted by atomic mass is 10.1. The van der Waals surface area contributed by atoms with Crippen molar-refractivity contribution in [3.63, 3.8) is 0 Å². The third-order valence-corrected chi connectivity index (χ3v) is 3.16. The van der Waals surface area contributed by atoms with E-state index in [-0.39, 0.29) is 6.10 Å². The minimum Gasteiger partial charge on any atom is -0.487 e. The lowest BCUT2D eigenvalue weighted by molar-refractivity contribution is -0.105. The summed E-state index contributed by atoms with van der Waals surface area (Å²) in [5.74, 6) is 0.658. The summed E-state index contributed by atoms with van der Waals surface area (Å²) in [6.45, 7) is 1.21. The van der Waals surface area contributed by atoms with Crippen LogP contribution in [0.2, 0.25) is 0 Å². The Kier molecular flexibility index (Phi) is 3.65. The van der Waals surface area contributed by atoms with Crippen LogP contribution in [0.5, 0.6) is 5.75 Å². The van der Waals surface area contributed by atoms with Crippen molar-refractivity contribution in [1.29, 1.82) is 0 Å². The van der Waals surface area contributed by atoms with E-state index in [0.29, 0.717) is 24.5 Å². The maximum atomic E-state index is 10.7.